The summed E-state index contributed by atoms with van der Waals surface area (Å²) in [6, 6.07) is 38.0. The predicted octanol–water partition coefficient (Wildman–Crippen LogP) is 8.78. The molecule has 6 rings (SSSR count). The highest BCUT2D eigenvalue weighted by molar-refractivity contribution is 8.00. The van der Waals surface area contributed by atoms with Gasteiger partial charge in [-0.1, -0.05) is 84.9 Å². The Hall–Kier alpha value is -6.50. The molecular formula is C43H36N4O6S2. The maximum atomic E-state index is 13.8. The summed E-state index contributed by atoms with van der Waals surface area (Å²) in [5.74, 6) is -2.49. The van der Waals surface area contributed by atoms with Crippen molar-refractivity contribution >= 4 is 85.9 Å². The van der Waals surface area contributed by atoms with Crippen molar-refractivity contribution in [1.82, 2.24) is 5.32 Å². The van der Waals surface area contributed by atoms with Crippen LogP contribution in [0.2, 0.25) is 0 Å². The number of carbonyl (C=O) groups excluding carboxylic acids is 5. The molecular weight excluding hydrogens is 733 g/mol. The Bertz CT molecular complexity index is 2420. The molecule has 4 N–H and O–H groups in total. The molecule has 55 heavy (non-hydrogen) atoms. The van der Waals surface area contributed by atoms with E-state index in [9.17, 15) is 24.0 Å². The van der Waals surface area contributed by atoms with E-state index in [-0.39, 0.29) is 21.1 Å². The van der Waals surface area contributed by atoms with Gasteiger partial charge >= 0.3 is 5.97 Å². The Kier molecular flexibility index (Phi) is 12.2. The molecule has 0 aliphatic heterocycles. The Labute approximate surface area is 326 Å². The first-order valence-corrected chi connectivity index (χ1v) is 18.8. The number of thioether (sulfide) groups is 1. The molecule has 0 saturated heterocycles. The Balaban J connectivity index is 1.18. The van der Waals surface area contributed by atoms with Crippen LogP contribution in [0.5, 0.6) is 0 Å². The predicted molar refractivity (Wildman–Crippen MR) is 220 cm³/mol. The number of amides is 4. The Morgan fingerprint density at radius 1 is 0.727 bits per heavy atom. The minimum Gasteiger partial charge on any atom is -0.465 e. The summed E-state index contributed by atoms with van der Waals surface area (Å²) >= 11 is 2.22. The number of rotatable bonds is 12. The lowest BCUT2D eigenvalue weighted by Gasteiger charge is -2.14. The van der Waals surface area contributed by atoms with Crippen molar-refractivity contribution in [2.75, 3.05) is 23.1 Å². The minimum absolute atomic E-state index is 0.0421. The van der Waals surface area contributed by atoms with E-state index in [1.807, 2.05) is 48.5 Å². The highest BCUT2D eigenvalue weighted by Gasteiger charge is 2.28. The van der Waals surface area contributed by atoms with Crippen LogP contribution in [-0.4, -0.2) is 42.0 Å². The topological polar surface area (TPSA) is 143 Å². The molecule has 10 nitrogen and oxygen atoms in total. The van der Waals surface area contributed by atoms with Crippen LogP contribution in [0.3, 0.4) is 0 Å². The summed E-state index contributed by atoms with van der Waals surface area (Å²) in [6.07, 6.45) is 1.65. The molecule has 0 saturated carbocycles. The fourth-order valence-corrected chi connectivity index (χ4v) is 7.69. The second-order valence-corrected chi connectivity index (χ2v) is 14.7. The summed E-state index contributed by atoms with van der Waals surface area (Å²) < 4.78 is 4.98. The normalized spacial score (nSPS) is 11.7. The van der Waals surface area contributed by atoms with E-state index in [4.69, 9.17) is 4.74 Å². The average Bonchev–Trinajstić information content (AvgIpc) is 3.53. The van der Waals surface area contributed by atoms with Gasteiger partial charge in [0.1, 0.15) is 10.7 Å². The number of benzene rings is 5. The van der Waals surface area contributed by atoms with Crippen LogP contribution in [0.4, 0.5) is 16.4 Å². The average molecular weight is 769 g/mol. The van der Waals surface area contributed by atoms with Crippen LogP contribution in [0.1, 0.15) is 48.4 Å². The first-order chi connectivity index (χ1) is 26.6. The number of methoxy groups -OCH3 is 1. The molecule has 1 unspecified atom stereocenters. The smallest absolute Gasteiger partial charge is 0.341 e. The van der Waals surface area contributed by atoms with Gasteiger partial charge in [-0.15, -0.1) is 23.1 Å². The van der Waals surface area contributed by atoms with Gasteiger partial charge in [0.05, 0.1) is 22.8 Å². The molecule has 6 aromatic rings. The molecule has 276 valence electrons. The second-order valence-electron chi connectivity index (χ2n) is 12.2. The highest BCUT2D eigenvalue weighted by atomic mass is 32.2. The molecule has 0 aliphatic rings. The van der Waals surface area contributed by atoms with Gasteiger partial charge in [-0.2, -0.15) is 0 Å². The molecule has 1 heterocycles. The fourth-order valence-electron chi connectivity index (χ4n) is 5.67. The van der Waals surface area contributed by atoms with Crippen molar-refractivity contribution in [1.29, 1.82) is 0 Å². The minimum atomic E-state index is -0.680. The lowest BCUT2D eigenvalue weighted by Crippen LogP contribution is -2.30. The van der Waals surface area contributed by atoms with Crippen molar-refractivity contribution in [2.45, 2.75) is 24.0 Å². The maximum Gasteiger partial charge on any atom is 0.341 e. The van der Waals surface area contributed by atoms with Crippen LogP contribution in [0.25, 0.3) is 16.8 Å². The van der Waals surface area contributed by atoms with Gasteiger partial charge in [-0.25, -0.2) is 4.79 Å². The third-order valence-electron chi connectivity index (χ3n) is 8.44. The molecule has 0 bridgehead atoms. The van der Waals surface area contributed by atoms with E-state index in [1.54, 1.807) is 98.8 Å². The monoisotopic (exact) mass is 768 g/mol. The number of hydrogen-bond donors (Lipinski definition) is 4. The molecule has 1 atom stereocenters. The lowest BCUT2D eigenvalue weighted by molar-refractivity contribution is -0.115. The Morgan fingerprint density at radius 2 is 1.38 bits per heavy atom. The lowest BCUT2D eigenvalue weighted by atomic mass is 10.0. The van der Waals surface area contributed by atoms with Crippen LogP contribution < -0.4 is 21.3 Å². The number of anilines is 3. The summed E-state index contributed by atoms with van der Waals surface area (Å²) in [5, 5.41) is 12.7. The molecule has 0 fully saturated rings. The number of nitrogens with one attached hydrogen (secondary N) is 4. The molecule has 0 aliphatic carbocycles. The zero-order valence-corrected chi connectivity index (χ0v) is 31.7. The van der Waals surface area contributed by atoms with E-state index in [0.717, 1.165) is 27.7 Å². The van der Waals surface area contributed by atoms with Crippen LogP contribution >= 0.6 is 23.1 Å². The SMILES string of the molecule is COC(=O)c1c(NC(=O)C(C)Sc2cccc(NC(=O)/C(=C\c3cccc4ccccc34)NC(=O)c3ccccc3)c2)sc(C(=O)Nc2ccccc2)c1C. The molecule has 5 aromatic carbocycles. The van der Waals surface area contributed by atoms with Crippen LogP contribution in [-0.2, 0) is 14.3 Å². The van der Waals surface area contributed by atoms with E-state index in [2.05, 4.69) is 21.3 Å². The van der Waals surface area contributed by atoms with E-state index < -0.39 is 34.8 Å². The standard InChI is InChI=1S/C43H36N4O6S2/c1-26-36(43(52)53-3)42(55-37(26)41(51)44-31-19-8-5-9-20-31)47-38(48)27(2)54-33-22-13-21-32(25-33)45-40(50)35(46-39(49)29-15-6-4-7-16-29)24-30-18-12-17-28-14-10-11-23-34(28)30/h4-25,27H,1-3H3,(H,44,51)(H,45,50)(H,46,49)(H,47,48)/b35-24+. The molecule has 1 aromatic heterocycles. The fraction of sp³-hybridized carbons (Fsp3) is 0.0930. The molecule has 4 amide bonds. The molecule has 0 radical (unpaired) electrons. The van der Waals surface area contributed by atoms with Gasteiger partial charge < -0.3 is 26.0 Å². The van der Waals surface area contributed by atoms with Crippen molar-refractivity contribution in [3.8, 4) is 0 Å². The Morgan fingerprint density at radius 3 is 2.13 bits per heavy atom. The number of ether oxygens (including phenoxy) is 1. The molecule has 12 heteroatoms. The van der Waals surface area contributed by atoms with Gasteiger partial charge in [0.15, 0.2) is 0 Å². The largest absolute Gasteiger partial charge is 0.465 e. The number of thiophene rings is 1. The van der Waals surface area contributed by atoms with E-state index >= 15 is 0 Å². The van der Waals surface area contributed by atoms with Gasteiger partial charge in [0.2, 0.25) is 5.91 Å². The zero-order valence-electron chi connectivity index (χ0n) is 30.0. The third kappa shape index (κ3) is 9.36. The second kappa shape index (κ2) is 17.5. The van der Waals surface area contributed by atoms with Gasteiger partial charge in [0.25, 0.3) is 17.7 Å². The summed E-state index contributed by atoms with van der Waals surface area (Å²) in [4.78, 5) is 67.4. The van der Waals surface area contributed by atoms with Crippen molar-refractivity contribution in [3.63, 3.8) is 0 Å². The highest BCUT2D eigenvalue weighted by Crippen LogP contribution is 2.35. The van der Waals surface area contributed by atoms with Gasteiger partial charge in [-0.05, 0) is 84.3 Å². The number of carbonyl (C=O) groups is 5. The zero-order chi connectivity index (χ0) is 38.9. The van der Waals surface area contributed by atoms with E-state index in [0.29, 0.717) is 27.4 Å². The quantitative estimate of drug-likeness (QED) is 0.0554. The van der Waals surface area contributed by atoms with Crippen molar-refractivity contribution in [2.24, 2.45) is 0 Å². The first-order valence-electron chi connectivity index (χ1n) is 17.1. The first kappa shape index (κ1) is 38.2. The van der Waals surface area contributed by atoms with Crippen molar-refractivity contribution in [3.05, 3.63) is 160 Å². The summed E-state index contributed by atoms with van der Waals surface area (Å²) in [7, 11) is 1.23. The molecule has 0 spiro atoms. The third-order valence-corrected chi connectivity index (χ3v) is 10.7. The summed E-state index contributed by atoms with van der Waals surface area (Å²) in [6.45, 7) is 3.34. The maximum absolute atomic E-state index is 13.8. The number of para-hydroxylation sites is 1. The van der Waals surface area contributed by atoms with E-state index in [1.165, 1.54) is 18.9 Å². The summed E-state index contributed by atoms with van der Waals surface area (Å²) in [5.41, 5.74) is 2.71. The number of fused-ring (bicyclic) bond motifs is 1. The van der Waals surface area contributed by atoms with Crippen LogP contribution in [0.15, 0.2) is 138 Å². The van der Waals surface area contributed by atoms with Gasteiger partial charge in [-0.3, -0.25) is 19.2 Å². The number of hydrogen-bond acceptors (Lipinski definition) is 8. The number of esters is 1. The van der Waals surface area contributed by atoms with Crippen LogP contribution in [0, 0.1) is 6.92 Å². The van der Waals surface area contributed by atoms with Crippen molar-refractivity contribution < 1.29 is 28.7 Å². The van der Waals surface area contributed by atoms with Gasteiger partial charge in [0, 0.05) is 21.8 Å².